The molecular formula is C23H27NO3. The van der Waals surface area contributed by atoms with E-state index in [-0.39, 0.29) is 17.7 Å². The molecule has 4 heteroatoms. The van der Waals surface area contributed by atoms with Crippen LogP contribution in [0.4, 0.5) is 0 Å². The van der Waals surface area contributed by atoms with Gasteiger partial charge in [0.15, 0.2) is 11.9 Å². The molecule has 2 unspecified atom stereocenters. The SMILES string of the molecule is CC(=O)c1cccc(OC(C)C(=O)N2CCCC2CCc2ccccc2)c1. The number of hydrogen-bond donors (Lipinski definition) is 0. The highest BCUT2D eigenvalue weighted by molar-refractivity contribution is 5.94. The van der Waals surface area contributed by atoms with E-state index in [2.05, 4.69) is 24.3 Å². The van der Waals surface area contributed by atoms with Crippen molar-refractivity contribution in [3.63, 3.8) is 0 Å². The lowest BCUT2D eigenvalue weighted by Crippen LogP contribution is -2.43. The zero-order chi connectivity index (χ0) is 19.2. The summed E-state index contributed by atoms with van der Waals surface area (Å²) in [5.41, 5.74) is 1.90. The van der Waals surface area contributed by atoms with Crippen molar-refractivity contribution in [2.45, 2.75) is 51.7 Å². The molecule has 3 rings (SSSR count). The van der Waals surface area contributed by atoms with Crippen molar-refractivity contribution in [1.82, 2.24) is 4.90 Å². The van der Waals surface area contributed by atoms with Gasteiger partial charge in [-0.05, 0) is 57.2 Å². The quantitative estimate of drug-likeness (QED) is 0.688. The zero-order valence-electron chi connectivity index (χ0n) is 16.1. The Hall–Kier alpha value is -2.62. The molecule has 1 fully saturated rings. The molecule has 4 nitrogen and oxygen atoms in total. The summed E-state index contributed by atoms with van der Waals surface area (Å²) >= 11 is 0. The smallest absolute Gasteiger partial charge is 0.263 e. The maximum atomic E-state index is 12.9. The van der Waals surface area contributed by atoms with Crippen molar-refractivity contribution in [1.29, 1.82) is 0 Å². The number of ketones is 1. The highest BCUT2D eigenvalue weighted by atomic mass is 16.5. The standard InChI is InChI=1S/C23H27NO3/c1-17(25)20-10-6-12-22(16-20)27-18(2)23(26)24-15-7-11-21(24)14-13-19-8-4-3-5-9-19/h3-6,8-10,12,16,18,21H,7,11,13-15H2,1-2H3. The van der Waals surface area contributed by atoms with Gasteiger partial charge in [0.05, 0.1) is 0 Å². The van der Waals surface area contributed by atoms with Gasteiger partial charge in [-0.15, -0.1) is 0 Å². The first-order valence-corrected chi connectivity index (χ1v) is 9.66. The summed E-state index contributed by atoms with van der Waals surface area (Å²) in [6, 6.07) is 17.7. The molecule has 1 aliphatic rings. The maximum Gasteiger partial charge on any atom is 0.263 e. The van der Waals surface area contributed by atoms with Gasteiger partial charge in [-0.3, -0.25) is 9.59 Å². The van der Waals surface area contributed by atoms with Crippen molar-refractivity contribution in [2.24, 2.45) is 0 Å². The lowest BCUT2D eigenvalue weighted by molar-refractivity contribution is -0.138. The van der Waals surface area contributed by atoms with E-state index >= 15 is 0 Å². The fourth-order valence-corrected chi connectivity index (χ4v) is 3.68. The van der Waals surface area contributed by atoms with E-state index in [1.807, 2.05) is 11.0 Å². The van der Waals surface area contributed by atoms with Gasteiger partial charge in [-0.25, -0.2) is 0 Å². The molecule has 2 atom stereocenters. The number of benzene rings is 2. The molecule has 1 saturated heterocycles. The number of likely N-dealkylation sites (tertiary alicyclic amines) is 1. The van der Waals surface area contributed by atoms with E-state index < -0.39 is 6.10 Å². The Balaban J connectivity index is 1.59. The molecule has 1 amide bonds. The molecule has 142 valence electrons. The van der Waals surface area contributed by atoms with Crippen LogP contribution >= 0.6 is 0 Å². The van der Waals surface area contributed by atoms with E-state index in [0.717, 1.165) is 32.2 Å². The Kier molecular flexibility index (Phi) is 6.28. The number of nitrogens with zero attached hydrogens (tertiary/aromatic N) is 1. The van der Waals surface area contributed by atoms with E-state index in [9.17, 15) is 9.59 Å². The van der Waals surface area contributed by atoms with Crippen LogP contribution in [-0.2, 0) is 11.2 Å². The minimum absolute atomic E-state index is 0.0139. The van der Waals surface area contributed by atoms with Crippen LogP contribution in [0.3, 0.4) is 0 Å². The van der Waals surface area contributed by atoms with Gasteiger partial charge in [0, 0.05) is 18.2 Å². The number of Topliss-reactive ketones (excluding diaryl/α,β-unsaturated/α-hetero) is 1. The molecule has 1 heterocycles. The normalized spacial score (nSPS) is 17.6. The summed E-state index contributed by atoms with van der Waals surface area (Å²) in [7, 11) is 0. The Morgan fingerprint density at radius 3 is 2.67 bits per heavy atom. The number of hydrogen-bond acceptors (Lipinski definition) is 3. The molecule has 0 saturated carbocycles. The second-order valence-electron chi connectivity index (χ2n) is 7.20. The molecule has 2 aromatic rings. The second kappa shape index (κ2) is 8.85. The molecule has 0 radical (unpaired) electrons. The topological polar surface area (TPSA) is 46.6 Å². The number of ether oxygens (including phenoxy) is 1. The Labute approximate surface area is 161 Å². The maximum absolute atomic E-state index is 12.9. The molecule has 0 aliphatic carbocycles. The number of amides is 1. The van der Waals surface area contributed by atoms with Crippen LogP contribution in [0.25, 0.3) is 0 Å². The summed E-state index contributed by atoms with van der Waals surface area (Å²) in [4.78, 5) is 26.4. The van der Waals surface area contributed by atoms with Gasteiger partial charge < -0.3 is 9.64 Å². The van der Waals surface area contributed by atoms with Crippen LogP contribution in [0.5, 0.6) is 5.75 Å². The van der Waals surface area contributed by atoms with Crippen molar-refractivity contribution in [2.75, 3.05) is 6.54 Å². The van der Waals surface area contributed by atoms with Gasteiger partial charge in [0.1, 0.15) is 5.75 Å². The Morgan fingerprint density at radius 2 is 1.93 bits per heavy atom. The minimum Gasteiger partial charge on any atom is -0.481 e. The minimum atomic E-state index is -0.565. The molecule has 0 aromatic heterocycles. The van der Waals surface area contributed by atoms with Crippen LogP contribution in [0.15, 0.2) is 54.6 Å². The molecule has 0 N–H and O–H groups in total. The van der Waals surface area contributed by atoms with Crippen LogP contribution in [0.2, 0.25) is 0 Å². The van der Waals surface area contributed by atoms with Gasteiger partial charge in [0.25, 0.3) is 5.91 Å². The van der Waals surface area contributed by atoms with E-state index in [0.29, 0.717) is 11.3 Å². The number of rotatable bonds is 7. The highest BCUT2D eigenvalue weighted by Gasteiger charge is 2.32. The first-order chi connectivity index (χ1) is 13.0. The lowest BCUT2D eigenvalue weighted by Gasteiger charge is -2.28. The van der Waals surface area contributed by atoms with Crippen LogP contribution in [0.1, 0.15) is 49.0 Å². The average molecular weight is 365 g/mol. The molecular weight excluding hydrogens is 338 g/mol. The number of carbonyl (C=O) groups is 2. The van der Waals surface area contributed by atoms with E-state index in [1.54, 1.807) is 31.2 Å². The summed E-state index contributed by atoms with van der Waals surface area (Å²) in [6.07, 6.45) is 3.47. The first-order valence-electron chi connectivity index (χ1n) is 9.66. The molecule has 2 aromatic carbocycles. The molecule has 0 spiro atoms. The second-order valence-corrected chi connectivity index (χ2v) is 7.20. The van der Waals surface area contributed by atoms with Crippen molar-refractivity contribution in [3.05, 3.63) is 65.7 Å². The lowest BCUT2D eigenvalue weighted by atomic mass is 10.0. The Morgan fingerprint density at radius 1 is 1.15 bits per heavy atom. The van der Waals surface area contributed by atoms with Crippen molar-refractivity contribution in [3.8, 4) is 5.75 Å². The van der Waals surface area contributed by atoms with Gasteiger partial charge in [-0.2, -0.15) is 0 Å². The molecule has 1 aliphatic heterocycles. The summed E-state index contributed by atoms with van der Waals surface area (Å²) in [6.45, 7) is 4.10. The predicted octanol–water partition coefficient (Wildman–Crippen LogP) is 4.28. The third-order valence-electron chi connectivity index (χ3n) is 5.17. The molecule has 0 bridgehead atoms. The van der Waals surface area contributed by atoms with E-state index in [4.69, 9.17) is 4.74 Å². The molecule has 27 heavy (non-hydrogen) atoms. The Bertz CT molecular complexity index is 787. The number of aryl methyl sites for hydroxylation is 1. The number of carbonyl (C=O) groups excluding carboxylic acids is 2. The fraction of sp³-hybridized carbons (Fsp3) is 0.391. The average Bonchev–Trinajstić information content (AvgIpc) is 3.15. The predicted molar refractivity (Wildman–Crippen MR) is 106 cm³/mol. The van der Waals surface area contributed by atoms with Gasteiger partial charge >= 0.3 is 0 Å². The summed E-state index contributed by atoms with van der Waals surface area (Å²) in [5, 5.41) is 0. The third kappa shape index (κ3) is 4.97. The summed E-state index contributed by atoms with van der Waals surface area (Å²) in [5.74, 6) is 0.572. The monoisotopic (exact) mass is 365 g/mol. The third-order valence-corrected chi connectivity index (χ3v) is 5.17. The van der Waals surface area contributed by atoms with Crippen LogP contribution < -0.4 is 4.74 Å². The largest absolute Gasteiger partial charge is 0.481 e. The first kappa shape index (κ1) is 19.2. The van der Waals surface area contributed by atoms with E-state index in [1.165, 1.54) is 12.5 Å². The van der Waals surface area contributed by atoms with Crippen LogP contribution in [-0.4, -0.2) is 35.3 Å². The van der Waals surface area contributed by atoms with Gasteiger partial charge in [-0.1, -0.05) is 42.5 Å². The van der Waals surface area contributed by atoms with Gasteiger partial charge in [0.2, 0.25) is 0 Å². The van der Waals surface area contributed by atoms with Crippen LogP contribution in [0, 0.1) is 0 Å². The fourth-order valence-electron chi connectivity index (χ4n) is 3.68. The van der Waals surface area contributed by atoms with Crippen molar-refractivity contribution < 1.29 is 14.3 Å². The van der Waals surface area contributed by atoms with Crippen molar-refractivity contribution >= 4 is 11.7 Å². The summed E-state index contributed by atoms with van der Waals surface area (Å²) < 4.78 is 5.85. The zero-order valence-corrected chi connectivity index (χ0v) is 16.1. The highest BCUT2D eigenvalue weighted by Crippen LogP contribution is 2.24.